The quantitative estimate of drug-likeness (QED) is 0.318. The molecule has 0 radical (unpaired) electrons. The Balaban J connectivity index is 0.00000300. The molecule has 0 atom stereocenters. The number of hydrogen-bond donors (Lipinski definition) is 2. The normalized spacial score (nSPS) is 20.2. The van der Waals surface area contributed by atoms with Crippen molar-refractivity contribution in [1.29, 1.82) is 0 Å². The van der Waals surface area contributed by atoms with Crippen LogP contribution in [0.5, 0.6) is 0 Å². The molecule has 0 spiro atoms. The average Bonchev–Trinajstić information content (AvgIpc) is 3.04. The predicted molar refractivity (Wildman–Crippen MR) is 129 cm³/mol. The lowest BCUT2D eigenvalue weighted by molar-refractivity contribution is 0.221. The Hall–Kier alpha value is -0.910. The molecule has 0 aliphatic carbocycles. The van der Waals surface area contributed by atoms with Crippen molar-refractivity contribution in [3.8, 4) is 0 Å². The lowest BCUT2D eigenvalue weighted by Gasteiger charge is -2.26. The molecule has 9 heteroatoms. The van der Waals surface area contributed by atoms with Crippen molar-refractivity contribution in [1.82, 2.24) is 19.8 Å². The highest BCUT2D eigenvalue weighted by molar-refractivity contribution is 14.0. The van der Waals surface area contributed by atoms with Gasteiger partial charge in [-0.1, -0.05) is 30.7 Å². The van der Waals surface area contributed by atoms with E-state index in [0.717, 1.165) is 13.0 Å². The van der Waals surface area contributed by atoms with Gasteiger partial charge in [-0.05, 0) is 43.5 Å². The highest BCUT2D eigenvalue weighted by Crippen LogP contribution is 2.14. The van der Waals surface area contributed by atoms with Crippen molar-refractivity contribution < 1.29 is 8.42 Å². The molecular formula is C20H34IN5O2S. The van der Waals surface area contributed by atoms with Gasteiger partial charge >= 0.3 is 0 Å². The number of sulfonamides is 1. The zero-order valence-electron chi connectivity index (χ0n) is 17.3. The summed E-state index contributed by atoms with van der Waals surface area (Å²) in [6.07, 6.45) is 4.73. The van der Waals surface area contributed by atoms with Crippen LogP contribution in [-0.4, -0.2) is 69.1 Å². The van der Waals surface area contributed by atoms with Crippen LogP contribution >= 0.6 is 24.0 Å². The second-order valence-corrected chi connectivity index (χ2v) is 9.66. The van der Waals surface area contributed by atoms with Crippen LogP contribution in [-0.2, 0) is 23.1 Å². The smallest absolute Gasteiger partial charge is 0.214 e. The van der Waals surface area contributed by atoms with Crippen LogP contribution in [0.25, 0.3) is 0 Å². The molecule has 29 heavy (non-hydrogen) atoms. The second-order valence-electron chi connectivity index (χ2n) is 7.57. The van der Waals surface area contributed by atoms with Crippen molar-refractivity contribution in [3.05, 3.63) is 35.4 Å². The lowest BCUT2D eigenvalue weighted by atomic mass is 10.1. The predicted octanol–water partition coefficient (Wildman–Crippen LogP) is 1.99. The molecule has 0 bridgehead atoms. The largest absolute Gasteiger partial charge is 0.355 e. The summed E-state index contributed by atoms with van der Waals surface area (Å²) in [5.74, 6) is 0.960. The van der Waals surface area contributed by atoms with Gasteiger partial charge in [-0.15, -0.1) is 24.0 Å². The summed E-state index contributed by atoms with van der Waals surface area (Å²) in [4.78, 5) is 6.75. The zero-order chi connectivity index (χ0) is 19.8. The number of rotatable bonds is 7. The fourth-order valence-corrected chi connectivity index (χ4v) is 5.31. The van der Waals surface area contributed by atoms with E-state index in [-0.39, 0.29) is 29.7 Å². The summed E-state index contributed by atoms with van der Waals surface area (Å²) in [6, 6.07) is 8.74. The first-order valence-electron chi connectivity index (χ1n) is 10.3. The average molecular weight is 535 g/mol. The van der Waals surface area contributed by atoms with Gasteiger partial charge in [0.1, 0.15) is 0 Å². The van der Waals surface area contributed by atoms with Crippen molar-refractivity contribution in [3.63, 3.8) is 0 Å². The van der Waals surface area contributed by atoms with Crippen molar-refractivity contribution in [2.24, 2.45) is 4.99 Å². The molecule has 0 aromatic heterocycles. The van der Waals surface area contributed by atoms with Crippen LogP contribution in [0.3, 0.4) is 0 Å². The molecule has 0 amide bonds. The highest BCUT2D eigenvalue weighted by atomic mass is 127. The van der Waals surface area contributed by atoms with E-state index < -0.39 is 10.0 Å². The molecule has 0 saturated carbocycles. The number of hydrogen-bond acceptors (Lipinski definition) is 4. The number of aliphatic imine (C=N–C) groups is 1. The first kappa shape index (κ1) is 24.4. The van der Waals surface area contributed by atoms with Gasteiger partial charge in [0, 0.05) is 39.8 Å². The molecule has 1 aromatic carbocycles. The molecule has 7 nitrogen and oxygen atoms in total. The second kappa shape index (κ2) is 12.1. The van der Waals surface area contributed by atoms with Crippen LogP contribution in [0.2, 0.25) is 0 Å². The Morgan fingerprint density at radius 1 is 1.00 bits per heavy atom. The molecule has 1 aromatic rings. The molecule has 164 valence electrons. The molecule has 0 unspecified atom stereocenters. The molecule has 2 fully saturated rings. The summed E-state index contributed by atoms with van der Waals surface area (Å²) in [5, 5.41) is 6.49. The maximum absolute atomic E-state index is 11.8. The first-order valence-corrected chi connectivity index (χ1v) is 11.9. The summed E-state index contributed by atoms with van der Waals surface area (Å²) in [6.45, 7) is 5.80. The van der Waals surface area contributed by atoms with Gasteiger partial charge in [0.2, 0.25) is 10.0 Å². The first-order chi connectivity index (χ1) is 13.6. The molecular weight excluding hydrogens is 501 g/mol. The zero-order valence-corrected chi connectivity index (χ0v) is 20.4. The van der Waals surface area contributed by atoms with Crippen molar-refractivity contribution in [2.45, 2.75) is 38.8 Å². The van der Waals surface area contributed by atoms with Gasteiger partial charge in [-0.25, -0.2) is 12.7 Å². The Labute approximate surface area is 192 Å². The Morgan fingerprint density at radius 3 is 2.31 bits per heavy atom. The van der Waals surface area contributed by atoms with Crippen molar-refractivity contribution >= 4 is 40.0 Å². The SMILES string of the molecule is CN=C(NCCN1CCCS1(=O)=O)NCc1ccc(CN2CCCCC2)cc1.I. The minimum absolute atomic E-state index is 0. The fourth-order valence-electron chi connectivity index (χ4n) is 3.79. The maximum atomic E-state index is 11.8. The van der Waals surface area contributed by atoms with E-state index in [2.05, 4.69) is 44.8 Å². The summed E-state index contributed by atoms with van der Waals surface area (Å²) >= 11 is 0. The van der Waals surface area contributed by atoms with E-state index in [4.69, 9.17) is 0 Å². The van der Waals surface area contributed by atoms with E-state index in [1.165, 1.54) is 43.5 Å². The third-order valence-corrected chi connectivity index (χ3v) is 7.37. The van der Waals surface area contributed by atoms with Gasteiger partial charge in [0.05, 0.1) is 5.75 Å². The topological polar surface area (TPSA) is 77.0 Å². The Bertz CT molecular complexity index is 749. The van der Waals surface area contributed by atoms with E-state index in [0.29, 0.717) is 32.1 Å². The number of nitrogens with zero attached hydrogens (tertiary/aromatic N) is 3. The van der Waals surface area contributed by atoms with Crippen LogP contribution in [0.1, 0.15) is 36.8 Å². The van der Waals surface area contributed by atoms with Gasteiger partial charge in [-0.3, -0.25) is 9.89 Å². The van der Waals surface area contributed by atoms with E-state index in [1.807, 2.05) is 0 Å². The number of nitrogens with one attached hydrogen (secondary N) is 2. The summed E-state index contributed by atoms with van der Waals surface area (Å²) in [5.41, 5.74) is 2.56. The van der Waals surface area contributed by atoms with E-state index >= 15 is 0 Å². The van der Waals surface area contributed by atoms with Crippen LogP contribution < -0.4 is 10.6 Å². The number of benzene rings is 1. The van der Waals surface area contributed by atoms with Gasteiger partial charge in [0.15, 0.2) is 5.96 Å². The monoisotopic (exact) mass is 535 g/mol. The van der Waals surface area contributed by atoms with Gasteiger partial charge < -0.3 is 10.6 Å². The minimum atomic E-state index is -3.03. The molecule has 3 rings (SSSR count). The Morgan fingerprint density at radius 2 is 1.69 bits per heavy atom. The van der Waals surface area contributed by atoms with Crippen molar-refractivity contribution in [2.75, 3.05) is 45.5 Å². The lowest BCUT2D eigenvalue weighted by Crippen LogP contribution is -2.41. The molecule has 2 saturated heterocycles. The maximum Gasteiger partial charge on any atom is 0.214 e. The third kappa shape index (κ3) is 7.69. The molecule has 2 aliphatic rings. The standard InChI is InChI=1S/C20H33N5O2S.HI/c1-21-20(22-10-14-25-13-5-15-28(25,26)27)23-16-18-6-8-19(9-7-18)17-24-11-3-2-4-12-24;/h6-9H,2-5,10-17H2,1H3,(H2,21,22,23);1H. The molecule has 2 aliphatic heterocycles. The van der Waals surface area contributed by atoms with E-state index in [1.54, 1.807) is 11.4 Å². The van der Waals surface area contributed by atoms with Gasteiger partial charge in [-0.2, -0.15) is 0 Å². The molecule has 2 heterocycles. The highest BCUT2D eigenvalue weighted by Gasteiger charge is 2.27. The van der Waals surface area contributed by atoms with Crippen LogP contribution in [0, 0.1) is 0 Å². The fraction of sp³-hybridized carbons (Fsp3) is 0.650. The van der Waals surface area contributed by atoms with Crippen LogP contribution in [0.4, 0.5) is 0 Å². The molecule has 2 N–H and O–H groups in total. The summed E-state index contributed by atoms with van der Waals surface area (Å²) in [7, 11) is -1.31. The number of likely N-dealkylation sites (tertiary alicyclic amines) is 1. The number of halogens is 1. The van der Waals surface area contributed by atoms with Gasteiger partial charge in [0.25, 0.3) is 0 Å². The van der Waals surface area contributed by atoms with E-state index in [9.17, 15) is 8.42 Å². The number of guanidine groups is 1. The van der Waals surface area contributed by atoms with Crippen LogP contribution in [0.15, 0.2) is 29.3 Å². The third-order valence-electron chi connectivity index (χ3n) is 5.42. The number of piperidine rings is 1. The Kier molecular flexibility index (Phi) is 10.1. The minimum Gasteiger partial charge on any atom is -0.355 e. The summed E-state index contributed by atoms with van der Waals surface area (Å²) < 4.78 is 25.2.